The molecule has 1 aromatic heterocycles. The maximum atomic E-state index is 11.5. The number of rotatable bonds is 8. The lowest BCUT2D eigenvalue weighted by atomic mass is 10.1. The molecule has 0 unspecified atom stereocenters. The molecule has 1 N–H and O–H groups in total. The van der Waals surface area contributed by atoms with Gasteiger partial charge < -0.3 is 24.1 Å². The number of ether oxygens (including phenoxy) is 3. The highest BCUT2D eigenvalue weighted by molar-refractivity contribution is 8.04. The van der Waals surface area contributed by atoms with Crippen LogP contribution in [-0.4, -0.2) is 42.5 Å². The Bertz CT molecular complexity index is 763. The summed E-state index contributed by atoms with van der Waals surface area (Å²) in [5.41, 5.74) is 0.448. The maximum absolute atomic E-state index is 11.5. The molecule has 0 saturated carbocycles. The van der Waals surface area contributed by atoms with Crippen molar-refractivity contribution in [2.45, 2.75) is 18.5 Å². The molecule has 0 atom stereocenters. The summed E-state index contributed by atoms with van der Waals surface area (Å²) in [6, 6.07) is 3.27. The molecular formula is C16H18N3O5S-. The Hall–Kier alpha value is -2.68. The van der Waals surface area contributed by atoms with Crippen LogP contribution in [0.2, 0.25) is 0 Å². The second kappa shape index (κ2) is 8.43. The Morgan fingerprint density at radius 1 is 1.24 bits per heavy atom. The standard InChI is InChI=1S/C16H19N3O5S/c1-5-14-17-16(19-18-14)25-13(15(20)21)8-10-11(23-3)6-9(22-2)7-12(10)24-4/h6-8H,5H2,1-4H3,(H,20,21)(H,17,18,19)/p-1/b13-8-. The first-order valence-corrected chi connectivity index (χ1v) is 8.16. The fourth-order valence-electron chi connectivity index (χ4n) is 2.02. The van der Waals surface area contributed by atoms with E-state index < -0.39 is 5.97 Å². The Labute approximate surface area is 149 Å². The molecule has 1 aromatic carbocycles. The number of carboxylic acid groups (broad SMARTS) is 1. The number of nitrogens with zero attached hydrogens (tertiary/aromatic N) is 2. The number of aromatic nitrogens is 3. The number of aryl methyl sites for hydroxylation is 1. The zero-order valence-electron chi connectivity index (χ0n) is 14.3. The van der Waals surface area contributed by atoms with E-state index in [9.17, 15) is 9.90 Å². The largest absolute Gasteiger partial charge is 0.544 e. The highest BCUT2D eigenvalue weighted by Crippen LogP contribution is 2.37. The predicted octanol–water partition coefficient (Wildman–Crippen LogP) is 1.28. The average molecular weight is 364 g/mol. The molecule has 0 saturated heterocycles. The summed E-state index contributed by atoms with van der Waals surface area (Å²) < 4.78 is 15.8. The minimum absolute atomic E-state index is 0.0802. The molecule has 0 bridgehead atoms. The number of hydrogen-bond donors (Lipinski definition) is 1. The number of carboxylic acids is 1. The lowest BCUT2D eigenvalue weighted by molar-refractivity contribution is -0.297. The van der Waals surface area contributed by atoms with Gasteiger partial charge in [0.2, 0.25) is 5.16 Å². The van der Waals surface area contributed by atoms with Crippen LogP contribution in [0.5, 0.6) is 17.2 Å². The quantitative estimate of drug-likeness (QED) is 0.551. The van der Waals surface area contributed by atoms with Gasteiger partial charge in [-0.1, -0.05) is 6.92 Å². The number of H-pyrrole nitrogens is 1. The number of carbonyl (C=O) groups is 1. The van der Waals surface area contributed by atoms with Gasteiger partial charge in [-0.25, -0.2) is 4.98 Å². The molecule has 0 radical (unpaired) electrons. The van der Waals surface area contributed by atoms with E-state index in [1.54, 1.807) is 12.1 Å². The maximum Gasteiger partial charge on any atom is 0.213 e. The minimum Gasteiger partial charge on any atom is -0.544 e. The van der Waals surface area contributed by atoms with Crippen molar-refractivity contribution in [2.24, 2.45) is 0 Å². The van der Waals surface area contributed by atoms with E-state index in [0.717, 1.165) is 11.8 Å². The number of methoxy groups -OCH3 is 3. The van der Waals surface area contributed by atoms with E-state index in [1.807, 2.05) is 6.92 Å². The summed E-state index contributed by atoms with van der Waals surface area (Å²) in [6.07, 6.45) is 2.07. The van der Waals surface area contributed by atoms with Crippen LogP contribution in [0, 0.1) is 0 Å². The molecule has 25 heavy (non-hydrogen) atoms. The van der Waals surface area contributed by atoms with Crippen molar-refractivity contribution in [3.8, 4) is 17.2 Å². The summed E-state index contributed by atoms with van der Waals surface area (Å²) in [4.78, 5) is 15.6. The smallest absolute Gasteiger partial charge is 0.213 e. The highest BCUT2D eigenvalue weighted by Gasteiger charge is 2.15. The van der Waals surface area contributed by atoms with Gasteiger partial charge in [0, 0.05) is 23.5 Å². The van der Waals surface area contributed by atoms with Crippen LogP contribution in [0.4, 0.5) is 0 Å². The molecule has 2 rings (SSSR count). The van der Waals surface area contributed by atoms with Crippen LogP contribution in [0.3, 0.4) is 0 Å². The number of hydrogen-bond acceptors (Lipinski definition) is 8. The van der Waals surface area contributed by atoms with Gasteiger partial charge in [-0.3, -0.25) is 5.10 Å². The molecule has 9 heteroatoms. The van der Waals surface area contributed by atoms with Gasteiger partial charge in [0.15, 0.2) is 0 Å². The second-order valence-electron chi connectivity index (χ2n) is 4.76. The van der Waals surface area contributed by atoms with Crippen LogP contribution in [0.25, 0.3) is 6.08 Å². The van der Waals surface area contributed by atoms with Crippen molar-refractivity contribution >= 4 is 23.8 Å². The fraction of sp³-hybridized carbons (Fsp3) is 0.312. The first kappa shape index (κ1) is 18.7. The van der Waals surface area contributed by atoms with Crippen LogP contribution in [-0.2, 0) is 11.2 Å². The van der Waals surface area contributed by atoms with E-state index >= 15 is 0 Å². The predicted molar refractivity (Wildman–Crippen MR) is 90.7 cm³/mol. The topological polar surface area (TPSA) is 109 Å². The molecule has 0 amide bonds. The summed E-state index contributed by atoms with van der Waals surface area (Å²) in [7, 11) is 4.46. The monoisotopic (exact) mass is 364 g/mol. The molecule has 2 aromatic rings. The number of aliphatic carboxylic acids is 1. The Morgan fingerprint density at radius 2 is 1.88 bits per heavy atom. The van der Waals surface area contributed by atoms with E-state index in [-0.39, 0.29) is 4.91 Å². The first-order valence-electron chi connectivity index (χ1n) is 7.34. The van der Waals surface area contributed by atoms with Gasteiger partial charge in [-0.2, -0.15) is 0 Å². The van der Waals surface area contributed by atoms with Gasteiger partial charge >= 0.3 is 0 Å². The van der Waals surface area contributed by atoms with Crippen LogP contribution in [0.15, 0.2) is 22.2 Å². The third kappa shape index (κ3) is 4.44. The number of nitrogens with one attached hydrogen (secondary N) is 1. The fourth-order valence-corrected chi connectivity index (χ4v) is 2.72. The second-order valence-corrected chi connectivity index (χ2v) is 5.77. The molecule has 0 aliphatic carbocycles. The Balaban J connectivity index is 2.47. The van der Waals surface area contributed by atoms with Crippen molar-refractivity contribution in [1.29, 1.82) is 0 Å². The third-order valence-corrected chi connectivity index (χ3v) is 4.15. The first-order chi connectivity index (χ1) is 12.0. The van der Waals surface area contributed by atoms with Gasteiger partial charge in [0.05, 0.1) is 32.9 Å². The SMILES string of the molecule is CCc1nc(S/C(=C\c2c(OC)cc(OC)cc2OC)C(=O)[O-])n[nH]1. The molecule has 0 spiro atoms. The summed E-state index contributed by atoms with van der Waals surface area (Å²) in [5, 5.41) is 18.5. The lowest BCUT2D eigenvalue weighted by Gasteiger charge is -2.14. The number of carbonyl (C=O) groups excluding carboxylic acids is 1. The summed E-state index contributed by atoms with van der Waals surface area (Å²) >= 11 is 0.879. The average Bonchev–Trinajstić information content (AvgIpc) is 3.08. The molecule has 0 fully saturated rings. The molecule has 8 nitrogen and oxygen atoms in total. The molecule has 0 aliphatic heterocycles. The van der Waals surface area contributed by atoms with Crippen molar-refractivity contribution in [1.82, 2.24) is 15.2 Å². The molecule has 1 heterocycles. The van der Waals surface area contributed by atoms with Gasteiger partial charge in [0.1, 0.15) is 23.1 Å². The highest BCUT2D eigenvalue weighted by atomic mass is 32.2. The van der Waals surface area contributed by atoms with Gasteiger partial charge in [-0.15, -0.1) is 5.10 Å². The molecule has 0 aliphatic rings. The number of thioether (sulfide) groups is 1. The minimum atomic E-state index is -1.35. The van der Waals surface area contributed by atoms with E-state index in [4.69, 9.17) is 14.2 Å². The summed E-state index contributed by atoms with van der Waals surface area (Å²) in [5.74, 6) is 0.641. The lowest BCUT2D eigenvalue weighted by Crippen LogP contribution is -2.23. The van der Waals surface area contributed by atoms with Crippen LogP contribution < -0.4 is 19.3 Å². The number of aromatic amines is 1. The van der Waals surface area contributed by atoms with Gasteiger partial charge in [0.25, 0.3) is 0 Å². The summed E-state index contributed by atoms with van der Waals surface area (Å²) in [6.45, 7) is 1.91. The van der Waals surface area contributed by atoms with Crippen LogP contribution in [0.1, 0.15) is 18.3 Å². The van der Waals surface area contributed by atoms with Crippen LogP contribution >= 0.6 is 11.8 Å². The Kier molecular flexibility index (Phi) is 6.29. The van der Waals surface area contributed by atoms with E-state index in [0.29, 0.717) is 40.2 Å². The van der Waals surface area contributed by atoms with E-state index in [1.165, 1.54) is 27.4 Å². The van der Waals surface area contributed by atoms with Crippen molar-refractivity contribution in [2.75, 3.05) is 21.3 Å². The zero-order chi connectivity index (χ0) is 18.4. The zero-order valence-corrected chi connectivity index (χ0v) is 15.1. The normalized spacial score (nSPS) is 11.3. The molecule has 134 valence electrons. The molecular weight excluding hydrogens is 346 g/mol. The van der Waals surface area contributed by atoms with Gasteiger partial charge in [-0.05, 0) is 17.8 Å². The van der Waals surface area contributed by atoms with Crippen molar-refractivity contribution in [3.63, 3.8) is 0 Å². The van der Waals surface area contributed by atoms with Crippen molar-refractivity contribution < 1.29 is 24.1 Å². The number of benzene rings is 1. The Morgan fingerprint density at radius 3 is 2.32 bits per heavy atom. The third-order valence-electron chi connectivity index (χ3n) is 3.28. The van der Waals surface area contributed by atoms with Crippen molar-refractivity contribution in [3.05, 3.63) is 28.4 Å². The van der Waals surface area contributed by atoms with E-state index in [2.05, 4.69) is 15.2 Å².